The topological polar surface area (TPSA) is 143 Å². The molecule has 2 aromatic rings. The molecule has 1 heterocycles. The molecule has 0 aliphatic rings. The van der Waals surface area contributed by atoms with E-state index in [2.05, 4.69) is 20.5 Å². The first kappa shape index (κ1) is 15.9. The lowest BCUT2D eigenvalue weighted by atomic mass is 10.2. The molecule has 120 valence electrons. The summed E-state index contributed by atoms with van der Waals surface area (Å²) in [6.07, 6.45) is 1.26. The fourth-order valence-electron chi connectivity index (χ4n) is 1.78. The fraction of sp³-hybridized carbons (Fsp3) is 0.154. The Labute approximate surface area is 129 Å². The molecule has 0 aliphatic heterocycles. The molecule has 0 unspecified atom stereocenters. The molecule has 3 N–H and O–H groups in total. The highest BCUT2D eigenvalue weighted by Crippen LogP contribution is 2.36. The second-order valence-corrected chi connectivity index (χ2v) is 4.45. The number of nitro benzene ring substituents is 1. The molecule has 1 aromatic carbocycles. The monoisotopic (exact) mass is 319 g/mol. The predicted molar refractivity (Wildman–Crippen MR) is 82.1 cm³/mol. The first-order valence-corrected chi connectivity index (χ1v) is 6.33. The number of hydrogen-bond acceptors (Lipinski definition) is 8. The molecule has 10 heteroatoms. The summed E-state index contributed by atoms with van der Waals surface area (Å²) in [5.41, 5.74) is 2.48. The van der Waals surface area contributed by atoms with Crippen molar-refractivity contribution in [2.24, 2.45) is 5.10 Å². The maximum Gasteiger partial charge on any atom is 0.315 e. The molecule has 0 amide bonds. The third kappa shape index (κ3) is 3.81. The van der Waals surface area contributed by atoms with Gasteiger partial charge in [-0.2, -0.15) is 5.10 Å². The largest absolute Gasteiger partial charge is 0.500 e. The van der Waals surface area contributed by atoms with Gasteiger partial charge in [0.1, 0.15) is 0 Å². The second-order valence-electron chi connectivity index (χ2n) is 4.45. The molecule has 0 spiro atoms. The van der Waals surface area contributed by atoms with Crippen LogP contribution in [0.25, 0.3) is 0 Å². The number of hydrazone groups is 1. The van der Waals surface area contributed by atoms with Crippen molar-refractivity contribution in [1.82, 2.24) is 9.97 Å². The molecular formula is C13H13N5O5. The number of nitrogens with zero attached hydrogens (tertiary/aromatic N) is 3. The van der Waals surface area contributed by atoms with E-state index in [0.717, 1.165) is 6.07 Å². The number of nitro groups is 1. The minimum absolute atomic E-state index is 0.0530. The number of aryl methyl sites for hydroxylation is 1. The Morgan fingerprint density at radius 1 is 1.48 bits per heavy atom. The summed E-state index contributed by atoms with van der Waals surface area (Å²) in [5.74, 6) is -0.485. The number of hydrogen-bond donors (Lipinski definition) is 3. The number of anilines is 1. The van der Waals surface area contributed by atoms with Crippen LogP contribution in [0.15, 0.2) is 28.1 Å². The van der Waals surface area contributed by atoms with E-state index in [1.165, 1.54) is 25.5 Å². The van der Waals surface area contributed by atoms with Crippen molar-refractivity contribution >= 4 is 17.9 Å². The minimum Gasteiger partial charge on any atom is -0.500 e. The lowest BCUT2D eigenvalue weighted by Gasteiger charge is -2.05. The van der Waals surface area contributed by atoms with Gasteiger partial charge in [0.15, 0.2) is 5.75 Å². The summed E-state index contributed by atoms with van der Waals surface area (Å²) in [5, 5.41) is 24.4. The number of aromatic hydroxyl groups is 1. The second kappa shape index (κ2) is 6.56. The smallest absolute Gasteiger partial charge is 0.315 e. The maximum absolute atomic E-state index is 11.3. The van der Waals surface area contributed by atoms with Gasteiger partial charge in [-0.3, -0.25) is 19.9 Å². The Hall–Kier alpha value is -3.43. The Kier molecular flexibility index (Phi) is 4.55. The number of benzene rings is 1. The normalized spacial score (nSPS) is 10.7. The molecule has 0 fully saturated rings. The van der Waals surface area contributed by atoms with Crippen molar-refractivity contribution in [3.8, 4) is 11.5 Å². The number of H-pyrrole nitrogens is 1. The number of aromatic amines is 1. The van der Waals surface area contributed by atoms with Crippen LogP contribution >= 0.6 is 0 Å². The lowest BCUT2D eigenvalue weighted by molar-refractivity contribution is -0.386. The van der Waals surface area contributed by atoms with Gasteiger partial charge in [0, 0.05) is 23.4 Å². The summed E-state index contributed by atoms with van der Waals surface area (Å²) >= 11 is 0. The van der Waals surface area contributed by atoms with E-state index in [-0.39, 0.29) is 17.3 Å². The van der Waals surface area contributed by atoms with Crippen molar-refractivity contribution in [3.63, 3.8) is 0 Å². The van der Waals surface area contributed by atoms with E-state index >= 15 is 0 Å². The third-order valence-corrected chi connectivity index (χ3v) is 2.75. The van der Waals surface area contributed by atoms with E-state index in [1.807, 2.05) is 0 Å². The van der Waals surface area contributed by atoms with Crippen molar-refractivity contribution in [2.45, 2.75) is 6.92 Å². The van der Waals surface area contributed by atoms with Crippen LogP contribution in [0.5, 0.6) is 11.5 Å². The summed E-state index contributed by atoms with van der Waals surface area (Å²) in [4.78, 5) is 27.9. The van der Waals surface area contributed by atoms with Gasteiger partial charge in [0.2, 0.25) is 11.7 Å². The van der Waals surface area contributed by atoms with Crippen molar-refractivity contribution in [1.29, 1.82) is 0 Å². The van der Waals surface area contributed by atoms with Crippen molar-refractivity contribution < 1.29 is 14.8 Å². The van der Waals surface area contributed by atoms with Gasteiger partial charge < -0.3 is 9.84 Å². The van der Waals surface area contributed by atoms with Crippen LogP contribution in [0.3, 0.4) is 0 Å². The van der Waals surface area contributed by atoms with E-state index < -0.39 is 16.4 Å². The molecule has 10 nitrogen and oxygen atoms in total. The average molecular weight is 319 g/mol. The summed E-state index contributed by atoms with van der Waals surface area (Å²) in [7, 11) is 1.28. The number of methoxy groups -OCH3 is 1. The highest BCUT2D eigenvalue weighted by atomic mass is 16.6. The van der Waals surface area contributed by atoms with E-state index in [4.69, 9.17) is 4.74 Å². The highest BCUT2D eigenvalue weighted by molar-refractivity contribution is 5.83. The molecule has 0 atom stereocenters. The van der Waals surface area contributed by atoms with Gasteiger partial charge in [0.05, 0.1) is 18.2 Å². The molecule has 1 aromatic heterocycles. The maximum atomic E-state index is 11.3. The Morgan fingerprint density at radius 3 is 2.83 bits per heavy atom. The van der Waals surface area contributed by atoms with Crippen LogP contribution in [0.1, 0.15) is 11.3 Å². The molecule has 23 heavy (non-hydrogen) atoms. The number of aromatic nitrogens is 2. The van der Waals surface area contributed by atoms with Gasteiger partial charge in [-0.25, -0.2) is 10.4 Å². The Morgan fingerprint density at radius 2 is 2.22 bits per heavy atom. The predicted octanol–water partition coefficient (Wildman–Crippen LogP) is 1.15. The lowest BCUT2D eigenvalue weighted by Crippen LogP contribution is -2.10. The first-order chi connectivity index (χ1) is 10.9. The van der Waals surface area contributed by atoms with Crippen LogP contribution in [-0.2, 0) is 0 Å². The quantitative estimate of drug-likeness (QED) is 0.426. The van der Waals surface area contributed by atoms with Gasteiger partial charge in [-0.1, -0.05) is 0 Å². The summed E-state index contributed by atoms with van der Waals surface area (Å²) in [6, 6.07) is 3.83. The van der Waals surface area contributed by atoms with Crippen LogP contribution in [0.2, 0.25) is 0 Å². The molecule has 2 rings (SSSR count). The van der Waals surface area contributed by atoms with Gasteiger partial charge in [-0.05, 0) is 13.0 Å². The minimum atomic E-state index is -0.734. The molecule has 0 aliphatic carbocycles. The zero-order valence-corrected chi connectivity index (χ0v) is 12.2. The Balaban J connectivity index is 2.27. The molecule has 0 saturated heterocycles. The molecule has 0 bridgehead atoms. The number of phenolic OH excluding ortho intramolecular Hbond substituents is 1. The number of ether oxygens (including phenoxy) is 1. The highest BCUT2D eigenvalue weighted by Gasteiger charge is 2.19. The summed E-state index contributed by atoms with van der Waals surface area (Å²) < 4.78 is 4.88. The molecule has 0 saturated carbocycles. The fourth-order valence-corrected chi connectivity index (χ4v) is 1.78. The Bertz CT molecular complexity index is 830. The van der Waals surface area contributed by atoms with Gasteiger partial charge >= 0.3 is 5.69 Å². The van der Waals surface area contributed by atoms with E-state index in [9.17, 15) is 20.0 Å². The van der Waals surface area contributed by atoms with Crippen molar-refractivity contribution in [3.05, 3.63) is 49.9 Å². The average Bonchev–Trinajstić information content (AvgIpc) is 2.47. The van der Waals surface area contributed by atoms with Crippen LogP contribution in [0.4, 0.5) is 11.6 Å². The van der Waals surface area contributed by atoms with Crippen LogP contribution in [-0.4, -0.2) is 33.3 Å². The van der Waals surface area contributed by atoms with Gasteiger partial charge in [0.25, 0.3) is 5.56 Å². The van der Waals surface area contributed by atoms with Crippen LogP contribution in [0, 0.1) is 17.0 Å². The zero-order valence-electron chi connectivity index (χ0n) is 12.2. The first-order valence-electron chi connectivity index (χ1n) is 6.33. The number of phenols is 1. The van der Waals surface area contributed by atoms with Crippen molar-refractivity contribution in [2.75, 3.05) is 12.5 Å². The number of nitrogens with one attached hydrogen (secondary N) is 2. The van der Waals surface area contributed by atoms with Crippen LogP contribution < -0.4 is 15.7 Å². The molecular weight excluding hydrogens is 306 g/mol. The number of rotatable bonds is 5. The zero-order chi connectivity index (χ0) is 17.0. The van der Waals surface area contributed by atoms with Gasteiger partial charge in [-0.15, -0.1) is 0 Å². The standard InChI is InChI=1S/C13H13N5O5/c1-7-3-11(19)16-13(15-7)17-14-6-8-4-9(18(21)22)12(20)10(5-8)23-2/h3-6,20H,1-2H3,(H2,15,16,17,19). The SMILES string of the molecule is COc1cc(C=NNc2nc(C)cc(=O)[nH]2)cc([N+](=O)[O-])c1O. The molecule has 0 radical (unpaired) electrons. The summed E-state index contributed by atoms with van der Waals surface area (Å²) in [6.45, 7) is 1.65. The third-order valence-electron chi connectivity index (χ3n) is 2.75. The van der Waals surface area contributed by atoms with E-state index in [0.29, 0.717) is 11.3 Å². The van der Waals surface area contributed by atoms with E-state index in [1.54, 1.807) is 6.92 Å².